The van der Waals surface area contributed by atoms with Crippen molar-refractivity contribution in [3.8, 4) is 0 Å². The van der Waals surface area contributed by atoms with Gasteiger partial charge in [0.25, 0.3) is 0 Å². The van der Waals surface area contributed by atoms with E-state index in [-0.39, 0.29) is 24.0 Å². The van der Waals surface area contributed by atoms with Gasteiger partial charge in [0.1, 0.15) is 0 Å². The molecule has 0 radical (unpaired) electrons. The molecule has 5 nitrogen and oxygen atoms in total. The lowest BCUT2D eigenvalue weighted by atomic mass is 10.1. The van der Waals surface area contributed by atoms with Crippen LogP contribution in [0.3, 0.4) is 0 Å². The van der Waals surface area contributed by atoms with Crippen molar-refractivity contribution in [2.45, 2.75) is 31.5 Å². The smallest absolute Gasteiger partial charge is 0.370 e. The normalized spacial score (nSPS) is 18.7. The monoisotopic (exact) mass is 511 g/mol. The molecule has 1 aliphatic heterocycles. The van der Waals surface area contributed by atoms with Crippen LogP contribution in [0.25, 0.3) is 0 Å². The number of hydrogen-bond donors (Lipinski definition) is 1. The summed E-state index contributed by atoms with van der Waals surface area (Å²) in [5.41, 5.74) is 6.03. The quantitative estimate of drug-likeness (QED) is 0.276. The van der Waals surface area contributed by atoms with Gasteiger partial charge in [-0.2, -0.15) is 13.2 Å². The average molecular weight is 511 g/mol. The van der Waals surface area contributed by atoms with Crippen molar-refractivity contribution in [2.75, 3.05) is 51.2 Å². The number of halogens is 4. The molecule has 1 heterocycles. The third kappa shape index (κ3) is 6.40. The molecular formula is C19H29F3IN5. The van der Waals surface area contributed by atoms with Crippen LogP contribution in [0.1, 0.15) is 24.8 Å². The number of alkyl halides is 3. The van der Waals surface area contributed by atoms with Crippen LogP contribution < -0.4 is 10.6 Å². The van der Waals surface area contributed by atoms with Crippen molar-refractivity contribution >= 4 is 35.6 Å². The van der Waals surface area contributed by atoms with E-state index in [0.717, 1.165) is 45.2 Å². The summed E-state index contributed by atoms with van der Waals surface area (Å²) >= 11 is 0. The number of piperazine rings is 1. The van der Waals surface area contributed by atoms with E-state index in [1.807, 2.05) is 16.8 Å². The van der Waals surface area contributed by atoms with Crippen molar-refractivity contribution in [2.24, 2.45) is 10.7 Å². The Morgan fingerprint density at radius 2 is 1.89 bits per heavy atom. The SMILES string of the molecule is CN(C(N)=NCCCN1CCN(c2cccc(C(F)(F)F)c2)CC1)C1CC1.I. The highest BCUT2D eigenvalue weighted by molar-refractivity contribution is 14.0. The number of benzene rings is 1. The van der Waals surface area contributed by atoms with Crippen molar-refractivity contribution in [1.82, 2.24) is 9.80 Å². The molecule has 1 aromatic carbocycles. The summed E-state index contributed by atoms with van der Waals surface area (Å²) in [6.07, 6.45) is -0.970. The molecule has 3 rings (SSSR count). The number of guanidine groups is 1. The predicted molar refractivity (Wildman–Crippen MR) is 117 cm³/mol. The first-order valence-electron chi connectivity index (χ1n) is 9.52. The lowest BCUT2D eigenvalue weighted by Crippen LogP contribution is -2.46. The average Bonchev–Trinajstić information content (AvgIpc) is 3.49. The number of hydrogen-bond acceptors (Lipinski definition) is 3. The number of rotatable bonds is 6. The van der Waals surface area contributed by atoms with Gasteiger partial charge >= 0.3 is 6.18 Å². The van der Waals surface area contributed by atoms with Gasteiger partial charge in [-0.15, -0.1) is 24.0 Å². The molecule has 2 aliphatic rings. The Labute approximate surface area is 181 Å². The molecule has 0 amide bonds. The standard InChI is InChI=1S/C19H28F3N5.HI/c1-25(16-6-7-16)18(23)24-8-3-9-26-10-12-27(13-11-26)17-5-2-4-15(14-17)19(20,21)22;/h2,4-5,14,16H,3,6-13H2,1H3,(H2,23,24);1H. The second kappa shape index (κ2) is 10.00. The first-order valence-corrected chi connectivity index (χ1v) is 9.52. The third-order valence-electron chi connectivity index (χ3n) is 5.27. The molecule has 2 fully saturated rings. The molecule has 0 bridgehead atoms. The first kappa shape index (κ1) is 23.1. The Morgan fingerprint density at radius 3 is 2.50 bits per heavy atom. The molecular weight excluding hydrogens is 482 g/mol. The summed E-state index contributed by atoms with van der Waals surface area (Å²) in [4.78, 5) is 10.8. The van der Waals surface area contributed by atoms with Gasteiger partial charge in [-0.1, -0.05) is 6.07 Å². The van der Waals surface area contributed by atoms with Crippen LogP contribution in [0.4, 0.5) is 18.9 Å². The fourth-order valence-electron chi connectivity index (χ4n) is 3.36. The van der Waals surface area contributed by atoms with Crippen LogP contribution in [-0.4, -0.2) is 68.1 Å². The van der Waals surface area contributed by atoms with Crippen LogP contribution in [0.2, 0.25) is 0 Å². The van der Waals surface area contributed by atoms with Gasteiger partial charge in [0.2, 0.25) is 0 Å². The maximum absolute atomic E-state index is 12.9. The van der Waals surface area contributed by atoms with Crippen molar-refractivity contribution in [1.29, 1.82) is 0 Å². The Kier molecular flexibility index (Phi) is 8.23. The number of nitrogens with two attached hydrogens (primary N) is 1. The molecule has 28 heavy (non-hydrogen) atoms. The highest BCUT2D eigenvalue weighted by atomic mass is 127. The maximum Gasteiger partial charge on any atom is 0.416 e. The highest BCUT2D eigenvalue weighted by Gasteiger charge is 2.31. The number of nitrogens with zero attached hydrogens (tertiary/aromatic N) is 4. The van der Waals surface area contributed by atoms with Gasteiger partial charge in [-0.3, -0.25) is 9.89 Å². The Hall–Kier alpha value is -1.23. The van der Waals surface area contributed by atoms with Gasteiger partial charge in [0.05, 0.1) is 5.56 Å². The zero-order valence-electron chi connectivity index (χ0n) is 16.2. The Bertz CT molecular complexity index is 655. The van der Waals surface area contributed by atoms with E-state index in [9.17, 15) is 13.2 Å². The van der Waals surface area contributed by atoms with E-state index in [0.29, 0.717) is 24.2 Å². The molecule has 1 aliphatic carbocycles. The van der Waals surface area contributed by atoms with Crippen molar-refractivity contribution in [3.63, 3.8) is 0 Å². The van der Waals surface area contributed by atoms with Gasteiger partial charge in [0, 0.05) is 58.0 Å². The first-order chi connectivity index (χ1) is 12.8. The highest BCUT2D eigenvalue weighted by Crippen LogP contribution is 2.31. The molecule has 9 heteroatoms. The van der Waals surface area contributed by atoms with Crippen molar-refractivity contribution in [3.05, 3.63) is 29.8 Å². The number of anilines is 1. The summed E-state index contributed by atoms with van der Waals surface area (Å²) in [5, 5.41) is 0. The van der Waals surface area contributed by atoms with Crippen LogP contribution in [0.15, 0.2) is 29.3 Å². The minimum atomic E-state index is -4.30. The second-order valence-electron chi connectivity index (χ2n) is 7.31. The molecule has 0 spiro atoms. The van der Waals surface area contributed by atoms with E-state index >= 15 is 0 Å². The van der Waals surface area contributed by atoms with Gasteiger partial charge in [-0.25, -0.2) is 0 Å². The van der Waals surface area contributed by atoms with Gasteiger partial charge < -0.3 is 15.5 Å². The van der Waals surface area contributed by atoms with Crippen LogP contribution in [0.5, 0.6) is 0 Å². The lowest BCUT2D eigenvalue weighted by molar-refractivity contribution is -0.137. The van der Waals surface area contributed by atoms with Crippen LogP contribution in [-0.2, 0) is 6.18 Å². The number of aliphatic imine (C=N–C) groups is 1. The second-order valence-corrected chi connectivity index (χ2v) is 7.31. The third-order valence-corrected chi connectivity index (χ3v) is 5.27. The fraction of sp³-hybridized carbons (Fsp3) is 0.632. The van der Waals surface area contributed by atoms with Crippen LogP contribution >= 0.6 is 24.0 Å². The molecule has 0 unspecified atom stereocenters. The molecule has 1 aromatic rings. The minimum absolute atomic E-state index is 0. The summed E-state index contributed by atoms with van der Waals surface area (Å²) in [7, 11) is 1.99. The zero-order valence-corrected chi connectivity index (χ0v) is 18.5. The summed E-state index contributed by atoms with van der Waals surface area (Å²) in [6.45, 7) is 4.79. The molecule has 2 N–H and O–H groups in total. The molecule has 0 aromatic heterocycles. The largest absolute Gasteiger partial charge is 0.416 e. The van der Waals surface area contributed by atoms with E-state index in [1.54, 1.807) is 6.07 Å². The molecule has 1 saturated carbocycles. The van der Waals surface area contributed by atoms with Gasteiger partial charge in [0.15, 0.2) is 5.96 Å². The molecule has 0 atom stereocenters. The minimum Gasteiger partial charge on any atom is -0.370 e. The van der Waals surface area contributed by atoms with Crippen LogP contribution in [0, 0.1) is 0 Å². The topological polar surface area (TPSA) is 48.1 Å². The van der Waals surface area contributed by atoms with E-state index in [2.05, 4.69) is 9.89 Å². The van der Waals surface area contributed by atoms with Crippen molar-refractivity contribution < 1.29 is 13.2 Å². The maximum atomic E-state index is 12.9. The van der Waals surface area contributed by atoms with E-state index in [4.69, 9.17) is 5.73 Å². The Morgan fingerprint density at radius 1 is 1.21 bits per heavy atom. The summed E-state index contributed by atoms with van der Waals surface area (Å²) in [6, 6.07) is 6.15. The summed E-state index contributed by atoms with van der Waals surface area (Å²) < 4.78 is 38.6. The molecule has 1 saturated heterocycles. The van der Waals surface area contributed by atoms with Gasteiger partial charge in [-0.05, 0) is 37.5 Å². The predicted octanol–water partition coefficient (Wildman–Crippen LogP) is 3.24. The van der Waals surface area contributed by atoms with E-state index < -0.39 is 11.7 Å². The lowest BCUT2D eigenvalue weighted by Gasteiger charge is -2.36. The Balaban J connectivity index is 0.00000280. The molecule has 158 valence electrons. The zero-order chi connectivity index (χ0) is 19.4. The van der Waals surface area contributed by atoms with E-state index in [1.165, 1.54) is 25.0 Å². The fourth-order valence-corrected chi connectivity index (χ4v) is 3.36. The summed E-state index contributed by atoms with van der Waals surface area (Å²) in [5.74, 6) is 0.617.